The van der Waals surface area contributed by atoms with Gasteiger partial charge in [0.25, 0.3) is 0 Å². The molecule has 0 aromatic carbocycles. The summed E-state index contributed by atoms with van der Waals surface area (Å²) < 4.78 is 5.61. The summed E-state index contributed by atoms with van der Waals surface area (Å²) in [4.78, 5) is 0. The largest absolute Gasteiger partial charge is 0.494 e. The number of hydrogen-bond donors (Lipinski definition) is 1. The molecule has 2 aliphatic rings. The van der Waals surface area contributed by atoms with Gasteiger partial charge in [-0.1, -0.05) is 13.0 Å². The minimum Gasteiger partial charge on any atom is -0.494 e. The quantitative estimate of drug-likeness (QED) is 0.697. The molecule has 0 aliphatic carbocycles. The van der Waals surface area contributed by atoms with E-state index in [0.29, 0.717) is 12.0 Å². The van der Waals surface area contributed by atoms with Crippen molar-refractivity contribution in [3.8, 4) is 0 Å². The summed E-state index contributed by atoms with van der Waals surface area (Å²) in [6.45, 7) is 6.47. The zero-order valence-electron chi connectivity index (χ0n) is 9.05. The molecule has 1 N–H and O–H groups in total. The van der Waals surface area contributed by atoms with Gasteiger partial charge in [0, 0.05) is 12.6 Å². The Kier molecular flexibility index (Phi) is 2.92. The highest BCUT2D eigenvalue weighted by Gasteiger charge is 2.24. The second-order valence-electron chi connectivity index (χ2n) is 4.33. The summed E-state index contributed by atoms with van der Waals surface area (Å²) in [5.41, 5.74) is 1.39. The van der Waals surface area contributed by atoms with Gasteiger partial charge in [0.2, 0.25) is 0 Å². The summed E-state index contributed by atoms with van der Waals surface area (Å²) in [6.07, 6.45) is 6.77. The average molecular weight is 193 g/mol. The molecular formula is C12H19NO. The molecule has 1 fully saturated rings. The molecule has 2 rings (SSSR count). The SMILES string of the molecule is CC1=C(/C=C\C(C)C2CN2)OCCC1. The van der Waals surface area contributed by atoms with Crippen molar-refractivity contribution in [2.75, 3.05) is 13.2 Å². The minimum atomic E-state index is 0.626. The molecule has 2 unspecified atom stereocenters. The monoisotopic (exact) mass is 193 g/mol. The van der Waals surface area contributed by atoms with Gasteiger partial charge in [0.15, 0.2) is 0 Å². The van der Waals surface area contributed by atoms with E-state index in [2.05, 4.69) is 31.3 Å². The third-order valence-electron chi connectivity index (χ3n) is 3.00. The molecule has 2 aliphatic heterocycles. The van der Waals surface area contributed by atoms with E-state index in [4.69, 9.17) is 4.74 Å². The van der Waals surface area contributed by atoms with Crippen LogP contribution in [0.4, 0.5) is 0 Å². The van der Waals surface area contributed by atoms with E-state index in [9.17, 15) is 0 Å². The van der Waals surface area contributed by atoms with Crippen LogP contribution in [0, 0.1) is 5.92 Å². The molecular weight excluding hydrogens is 174 g/mol. The highest BCUT2D eigenvalue weighted by Crippen LogP contribution is 2.21. The summed E-state index contributed by atoms with van der Waals surface area (Å²) >= 11 is 0. The Balaban J connectivity index is 1.94. The van der Waals surface area contributed by atoms with Crippen molar-refractivity contribution >= 4 is 0 Å². The molecule has 0 amide bonds. The molecule has 0 bridgehead atoms. The van der Waals surface area contributed by atoms with Gasteiger partial charge in [-0.05, 0) is 37.3 Å². The lowest BCUT2D eigenvalue weighted by molar-refractivity contribution is 0.199. The van der Waals surface area contributed by atoms with Crippen LogP contribution in [0.2, 0.25) is 0 Å². The first-order valence-corrected chi connectivity index (χ1v) is 5.51. The van der Waals surface area contributed by atoms with E-state index in [-0.39, 0.29) is 0 Å². The van der Waals surface area contributed by atoms with Gasteiger partial charge in [-0.2, -0.15) is 0 Å². The van der Waals surface area contributed by atoms with E-state index in [0.717, 1.165) is 12.4 Å². The molecule has 0 aromatic rings. The highest BCUT2D eigenvalue weighted by molar-refractivity contribution is 5.21. The van der Waals surface area contributed by atoms with Crippen LogP contribution in [0.25, 0.3) is 0 Å². The van der Waals surface area contributed by atoms with Gasteiger partial charge in [-0.25, -0.2) is 0 Å². The van der Waals surface area contributed by atoms with Crippen LogP contribution in [0.3, 0.4) is 0 Å². The van der Waals surface area contributed by atoms with Gasteiger partial charge < -0.3 is 10.1 Å². The Morgan fingerprint density at radius 3 is 3.00 bits per heavy atom. The van der Waals surface area contributed by atoms with Crippen LogP contribution in [0.1, 0.15) is 26.7 Å². The molecule has 2 atom stereocenters. The van der Waals surface area contributed by atoms with Gasteiger partial charge >= 0.3 is 0 Å². The van der Waals surface area contributed by atoms with Crippen LogP contribution in [-0.2, 0) is 4.74 Å². The second-order valence-corrected chi connectivity index (χ2v) is 4.33. The Bertz CT molecular complexity index is 263. The van der Waals surface area contributed by atoms with Crippen molar-refractivity contribution in [3.05, 3.63) is 23.5 Å². The van der Waals surface area contributed by atoms with Gasteiger partial charge in [0.1, 0.15) is 5.76 Å². The van der Waals surface area contributed by atoms with Gasteiger partial charge in [0.05, 0.1) is 6.61 Å². The first kappa shape index (κ1) is 9.78. The maximum atomic E-state index is 5.61. The third kappa shape index (κ3) is 2.38. The van der Waals surface area contributed by atoms with Crippen LogP contribution >= 0.6 is 0 Å². The maximum Gasteiger partial charge on any atom is 0.117 e. The predicted octanol–water partition coefficient (Wildman–Crippen LogP) is 2.23. The zero-order chi connectivity index (χ0) is 9.97. The molecule has 0 spiro atoms. The van der Waals surface area contributed by atoms with Crippen LogP contribution in [-0.4, -0.2) is 19.2 Å². The lowest BCUT2D eigenvalue weighted by atomic mass is 10.0. The zero-order valence-corrected chi connectivity index (χ0v) is 9.05. The summed E-state index contributed by atoms with van der Waals surface area (Å²) in [7, 11) is 0. The standard InChI is InChI=1S/C12H19NO/c1-9(11-8-13-11)5-6-12-10(2)4-3-7-14-12/h5-6,9,11,13H,3-4,7-8H2,1-2H3/b6-5-. The van der Waals surface area contributed by atoms with Crippen molar-refractivity contribution in [1.82, 2.24) is 5.32 Å². The molecule has 78 valence electrons. The normalized spacial score (nSPS) is 29.1. The molecule has 1 saturated heterocycles. The van der Waals surface area contributed by atoms with Crippen LogP contribution < -0.4 is 5.32 Å². The molecule has 0 aromatic heterocycles. The van der Waals surface area contributed by atoms with Gasteiger partial charge in [-0.3, -0.25) is 0 Å². The maximum absolute atomic E-state index is 5.61. The van der Waals surface area contributed by atoms with E-state index in [1.54, 1.807) is 0 Å². The van der Waals surface area contributed by atoms with Crippen molar-refractivity contribution in [2.45, 2.75) is 32.7 Å². The number of rotatable bonds is 3. The minimum absolute atomic E-state index is 0.626. The molecule has 2 nitrogen and oxygen atoms in total. The van der Waals surface area contributed by atoms with Crippen molar-refractivity contribution in [3.63, 3.8) is 0 Å². The Morgan fingerprint density at radius 2 is 2.36 bits per heavy atom. The fourth-order valence-corrected chi connectivity index (χ4v) is 1.77. The smallest absolute Gasteiger partial charge is 0.117 e. The van der Waals surface area contributed by atoms with Crippen molar-refractivity contribution < 1.29 is 4.74 Å². The van der Waals surface area contributed by atoms with E-state index < -0.39 is 0 Å². The third-order valence-corrected chi connectivity index (χ3v) is 3.00. The Morgan fingerprint density at radius 1 is 1.57 bits per heavy atom. The second kappa shape index (κ2) is 4.18. The molecule has 0 radical (unpaired) electrons. The highest BCUT2D eigenvalue weighted by atomic mass is 16.5. The molecule has 14 heavy (non-hydrogen) atoms. The lowest BCUT2D eigenvalue weighted by Gasteiger charge is -2.16. The number of hydrogen-bond acceptors (Lipinski definition) is 2. The van der Waals surface area contributed by atoms with Gasteiger partial charge in [-0.15, -0.1) is 0 Å². The van der Waals surface area contributed by atoms with Crippen LogP contribution in [0.15, 0.2) is 23.5 Å². The lowest BCUT2D eigenvalue weighted by Crippen LogP contribution is -2.06. The molecule has 2 heterocycles. The number of allylic oxidation sites excluding steroid dienone is 2. The summed E-state index contributed by atoms with van der Waals surface area (Å²) in [6, 6.07) is 0.704. The number of ether oxygens (including phenoxy) is 1. The Hall–Kier alpha value is -0.760. The van der Waals surface area contributed by atoms with E-state index in [1.807, 2.05) is 0 Å². The van der Waals surface area contributed by atoms with E-state index >= 15 is 0 Å². The topological polar surface area (TPSA) is 31.2 Å². The first-order chi connectivity index (χ1) is 6.77. The predicted molar refractivity (Wildman–Crippen MR) is 58.0 cm³/mol. The average Bonchev–Trinajstić information content (AvgIpc) is 2.99. The van der Waals surface area contributed by atoms with Crippen molar-refractivity contribution in [1.29, 1.82) is 0 Å². The number of nitrogens with one attached hydrogen (secondary N) is 1. The van der Waals surface area contributed by atoms with E-state index in [1.165, 1.54) is 25.0 Å². The van der Waals surface area contributed by atoms with Crippen molar-refractivity contribution in [2.24, 2.45) is 5.92 Å². The molecule has 2 heteroatoms. The fourth-order valence-electron chi connectivity index (χ4n) is 1.77. The Labute approximate surface area is 86.0 Å². The van der Waals surface area contributed by atoms with Crippen LogP contribution in [0.5, 0.6) is 0 Å². The summed E-state index contributed by atoms with van der Waals surface area (Å²) in [5, 5.41) is 3.32. The first-order valence-electron chi connectivity index (χ1n) is 5.51. The molecule has 0 saturated carbocycles. The summed E-state index contributed by atoms with van der Waals surface area (Å²) in [5.74, 6) is 1.73. The fraction of sp³-hybridized carbons (Fsp3) is 0.667.